The van der Waals surface area contributed by atoms with E-state index in [0.717, 1.165) is 36.3 Å². The molecule has 1 atom stereocenters. The van der Waals surface area contributed by atoms with Gasteiger partial charge in [0.25, 0.3) is 5.91 Å². The lowest BCUT2D eigenvalue weighted by atomic mass is 10.2. The van der Waals surface area contributed by atoms with Gasteiger partial charge in [0.05, 0.1) is 18.2 Å². The van der Waals surface area contributed by atoms with Gasteiger partial charge in [-0.2, -0.15) is 13.2 Å². The summed E-state index contributed by atoms with van der Waals surface area (Å²) < 4.78 is 43.9. The van der Waals surface area contributed by atoms with Crippen molar-refractivity contribution in [3.05, 3.63) is 40.9 Å². The first-order chi connectivity index (χ1) is 14.2. The Balaban J connectivity index is 1.54. The van der Waals surface area contributed by atoms with Crippen molar-refractivity contribution in [1.82, 2.24) is 15.2 Å². The zero-order chi connectivity index (χ0) is 21.7. The van der Waals surface area contributed by atoms with Crippen LogP contribution in [0.5, 0.6) is 0 Å². The van der Waals surface area contributed by atoms with E-state index in [4.69, 9.17) is 4.74 Å². The molecule has 11 heteroatoms. The summed E-state index contributed by atoms with van der Waals surface area (Å²) in [5.41, 5.74) is -0.474. The number of thiazole rings is 1. The Morgan fingerprint density at radius 2 is 2.17 bits per heavy atom. The Hall–Kier alpha value is -2.66. The van der Waals surface area contributed by atoms with Crippen LogP contribution in [0.25, 0.3) is 0 Å². The molecule has 7 nitrogen and oxygen atoms in total. The molecule has 1 fully saturated rings. The fourth-order valence-corrected chi connectivity index (χ4v) is 3.60. The molecule has 1 aromatic heterocycles. The van der Waals surface area contributed by atoms with E-state index in [1.165, 1.54) is 29.5 Å². The first-order valence-corrected chi connectivity index (χ1v) is 10.1. The first-order valence-electron chi connectivity index (χ1n) is 9.26. The molecule has 1 aliphatic heterocycles. The van der Waals surface area contributed by atoms with Crippen molar-refractivity contribution in [2.45, 2.75) is 25.1 Å². The molecule has 30 heavy (non-hydrogen) atoms. The average molecular weight is 442 g/mol. The second-order valence-electron chi connectivity index (χ2n) is 6.84. The Morgan fingerprint density at radius 3 is 2.87 bits per heavy atom. The van der Waals surface area contributed by atoms with Crippen LogP contribution < -0.4 is 10.6 Å². The van der Waals surface area contributed by atoms with Gasteiger partial charge in [-0.15, -0.1) is 11.3 Å². The zero-order valence-corrected chi connectivity index (χ0v) is 17.0. The molecule has 2 heterocycles. The van der Waals surface area contributed by atoms with Crippen molar-refractivity contribution in [3.63, 3.8) is 0 Å². The summed E-state index contributed by atoms with van der Waals surface area (Å²) in [5, 5.41) is 7.26. The first kappa shape index (κ1) is 22.0. The van der Waals surface area contributed by atoms with Crippen molar-refractivity contribution in [3.8, 4) is 0 Å². The van der Waals surface area contributed by atoms with E-state index in [9.17, 15) is 22.8 Å². The van der Waals surface area contributed by atoms with Gasteiger partial charge in [0, 0.05) is 31.3 Å². The van der Waals surface area contributed by atoms with Gasteiger partial charge in [-0.1, -0.05) is 6.07 Å². The van der Waals surface area contributed by atoms with E-state index in [1.807, 2.05) is 0 Å². The second kappa shape index (κ2) is 9.43. The van der Waals surface area contributed by atoms with Crippen molar-refractivity contribution in [2.75, 3.05) is 32.1 Å². The molecule has 2 aromatic rings. The predicted molar refractivity (Wildman–Crippen MR) is 106 cm³/mol. The van der Waals surface area contributed by atoms with E-state index in [1.54, 1.807) is 0 Å². The predicted octanol–water partition coefficient (Wildman–Crippen LogP) is 3.27. The highest BCUT2D eigenvalue weighted by Gasteiger charge is 2.30. The summed E-state index contributed by atoms with van der Waals surface area (Å²) in [6.07, 6.45) is -2.57. The summed E-state index contributed by atoms with van der Waals surface area (Å²) in [6.45, 7) is 0.960. The quantitative estimate of drug-likeness (QED) is 0.688. The summed E-state index contributed by atoms with van der Waals surface area (Å²) >= 11 is 1.08. The molecule has 0 unspecified atom stereocenters. The van der Waals surface area contributed by atoms with Gasteiger partial charge >= 0.3 is 6.18 Å². The van der Waals surface area contributed by atoms with Crippen molar-refractivity contribution in [1.29, 1.82) is 0 Å². The number of halogens is 3. The van der Waals surface area contributed by atoms with Crippen LogP contribution in [-0.4, -0.2) is 54.5 Å². The van der Waals surface area contributed by atoms with Crippen LogP contribution in [0.15, 0.2) is 29.6 Å². The number of alkyl halides is 3. The molecule has 2 N–H and O–H groups in total. The van der Waals surface area contributed by atoms with Crippen LogP contribution in [0.2, 0.25) is 0 Å². The summed E-state index contributed by atoms with van der Waals surface area (Å²) in [7, 11) is 1.48. The number of carbonyl (C=O) groups is 2. The molecule has 1 saturated heterocycles. The Kier molecular flexibility index (Phi) is 6.93. The zero-order valence-electron chi connectivity index (χ0n) is 16.2. The topological polar surface area (TPSA) is 83.6 Å². The van der Waals surface area contributed by atoms with Crippen molar-refractivity contribution < 1.29 is 27.5 Å². The maximum Gasteiger partial charge on any atom is 0.416 e. The Labute approximate surface area is 175 Å². The smallest absolute Gasteiger partial charge is 0.376 e. The molecule has 0 bridgehead atoms. The number of amides is 2. The lowest BCUT2D eigenvalue weighted by molar-refractivity contribution is -0.137. The lowest BCUT2D eigenvalue weighted by Gasteiger charge is -2.16. The maximum atomic E-state index is 12.8. The van der Waals surface area contributed by atoms with Crippen LogP contribution in [0.4, 0.5) is 24.0 Å². The van der Waals surface area contributed by atoms with Crippen LogP contribution in [0.1, 0.15) is 28.9 Å². The molecule has 2 amide bonds. The van der Waals surface area contributed by atoms with Crippen LogP contribution in [0, 0.1) is 0 Å². The average Bonchev–Trinajstić information content (AvgIpc) is 3.37. The highest BCUT2D eigenvalue weighted by molar-refractivity contribution is 7.14. The van der Waals surface area contributed by atoms with E-state index in [0.29, 0.717) is 13.2 Å². The standard InChI is InChI=1S/C19H21F3N4O3S/c1-26(10-16(27)23-9-14-6-3-7-29-14)17(28)15-11-30-18(25-15)24-13-5-2-4-12(8-13)19(20,21)22/h2,4-5,8,11,14H,3,6-7,9-10H2,1H3,(H,23,27)(H,24,25)/t14-/m1/s1. The van der Waals surface area contributed by atoms with Gasteiger partial charge in [0.1, 0.15) is 5.69 Å². The normalized spacial score (nSPS) is 16.3. The minimum Gasteiger partial charge on any atom is -0.376 e. The van der Waals surface area contributed by atoms with Crippen LogP contribution in [0.3, 0.4) is 0 Å². The number of hydrogen-bond acceptors (Lipinski definition) is 6. The Morgan fingerprint density at radius 1 is 1.37 bits per heavy atom. The fourth-order valence-electron chi connectivity index (χ4n) is 2.90. The third kappa shape index (κ3) is 5.92. The summed E-state index contributed by atoms with van der Waals surface area (Å²) in [6, 6.07) is 4.70. The number of aromatic nitrogens is 1. The number of anilines is 2. The van der Waals surface area contributed by atoms with Crippen molar-refractivity contribution >= 4 is 34.0 Å². The Bertz CT molecular complexity index is 897. The minimum atomic E-state index is -4.45. The van der Waals surface area contributed by atoms with Crippen LogP contribution >= 0.6 is 11.3 Å². The van der Waals surface area contributed by atoms with E-state index in [2.05, 4.69) is 15.6 Å². The largest absolute Gasteiger partial charge is 0.416 e. The highest BCUT2D eigenvalue weighted by atomic mass is 32.1. The summed E-state index contributed by atoms with van der Waals surface area (Å²) in [4.78, 5) is 29.9. The third-order valence-electron chi connectivity index (χ3n) is 4.44. The molecule has 0 spiro atoms. The van der Waals surface area contributed by atoms with Gasteiger partial charge in [0.15, 0.2) is 5.13 Å². The molecular formula is C19H21F3N4O3S. The molecule has 1 aliphatic rings. The minimum absolute atomic E-state index is 0.0120. The van der Waals surface area contributed by atoms with Crippen LogP contribution in [-0.2, 0) is 15.7 Å². The molecule has 0 saturated carbocycles. The lowest BCUT2D eigenvalue weighted by Crippen LogP contribution is -2.41. The molecule has 1 aromatic carbocycles. The van der Waals surface area contributed by atoms with Gasteiger partial charge in [-0.05, 0) is 31.0 Å². The van der Waals surface area contributed by atoms with Gasteiger partial charge in [0.2, 0.25) is 5.91 Å². The molecule has 0 radical (unpaired) electrons. The monoisotopic (exact) mass is 442 g/mol. The SMILES string of the molecule is CN(CC(=O)NC[C@H]1CCCO1)C(=O)c1csc(Nc2cccc(C(F)(F)F)c2)n1. The van der Waals surface area contributed by atoms with E-state index < -0.39 is 17.6 Å². The number of ether oxygens (including phenoxy) is 1. The molecular weight excluding hydrogens is 421 g/mol. The highest BCUT2D eigenvalue weighted by Crippen LogP contribution is 2.31. The molecule has 162 valence electrons. The number of nitrogens with one attached hydrogen (secondary N) is 2. The summed E-state index contributed by atoms with van der Waals surface area (Å²) in [5.74, 6) is -0.769. The number of hydrogen-bond donors (Lipinski definition) is 2. The van der Waals surface area contributed by atoms with Gasteiger partial charge in [-0.3, -0.25) is 9.59 Å². The van der Waals surface area contributed by atoms with Gasteiger partial charge in [-0.25, -0.2) is 4.98 Å². The molecule has 3 rings (SSSR count). The number of likely N-dealkylation sites (N-methyl/N-ethyl adjacent to an activating group) is 1. The number of carbonyl (C=O) groups excluding carboxylic acids is 2. The van der Waals surface area contributed by atoms with Crippen molar-refractivity contribution in [2.24, 2.45) is 0 Å². The van der Waals surface area contributed by atoms with E-state index in [-0.39, 0.29) is 35.1 Å². The second-order valence-corrected chi connectivity index (χ2v) is 7.70. The number of nitrogens with zero attached hydrogens (tertiary/aromatic N) is 2. The number of benzene rings is 1. The molecule has 0 aliphatic carbocycles. The van der Waals surface area contributed by atoms with Gasteiger partial charge < -0.3 is 20.3 Å². The fraction of sp³-hybridized carbons (Fsp3) is 0.421. The number of rotatable bonds is 7. The van der Waals surface area contributed by atoms with E-state index >= 15 is 0 Å². The maximum absolute atomic E-state index is 12.8. The third-order valence-corrected chi connectivity index (χ3v) is 5.20.